The lowest BCUT2D eigenvalue weighted by molar-refractivity contribution is 0.592. The van der Waals surface area contributed by atoms with Crippen molar-refractivity contribution in [1.82, 2.24) is 0 Å². The fourth-order valence-electron chi connectivity index (χ4n) is 2.11. The smallest absolute Gasteiger partial charge is 0.232 e. The number of aryl methyl sites for hydroxylation is 1. The van der Waals surface area contributed by atoms with Gasteiger partial charge < -0.3 is 0 Å². The van der Waals surface area contributed by atoms with Gasteiger partial charge in [-0.1, -0.05) is 12.1 Å². The molecular formula is C11H15NO2S. The van der Waals surface area contributed by atoms with E-state index in [9.17, 15) is 8.42 Å². The summed E-state index contributed by atoms with van der Waals surface area (Å²) in [7, 11) is -3.12. The van der Waals surface area contributed by atoms with Crippen LogP contribution in [-0.4, -0.2) is 21.2 Å². The molecule has 1 heterocycles. The molecule has 0 saturated carbocycles. The Morgan fingerprint density at radius 2 is 2.07 bits per heavy atom. The monoisotopic (exact) mass is 225 g/mol. The largest absolute Gasteiger partial charge is 0.270 e. The standard InChI is InChI=1S/C11H15NO2S/c1-9-5-3-7-11-10(9)6-4-8-12(11)15(2,13)14/h3,5,7H,4,6,8H2,1-2H3. The van der Waals surface area contributed by atoms with E-state index in [1.807, 2.05) is 25.1 Å². The highest BCUT2D eigenvalue weighted by atomic mass is 32.2. The molecule has 0 bridgehead atoms. The topological polar surface area (TPSA) is 37.4 Å². The van der Waals surface area contributed by atoms with Gasteiger partial charge in [0.2, 0.25) is 10.0 Å². The molecular weight excluding hydrogens is 210 g/mol. The second kappa shape index (κ2) is 3.52. The van der Waals surface area contributed by atoms with Gasteiger partial charge in [0, 0.05) is 6.54 Å². The van der Waals surface area contributed by atoms with Gasteiger partial charge in [0.1, 0.15) is 0 Å². The normalized spacial score (nSPS) is 16.3. The van der Waals surface area contributed by atoms with Gasteiger partial charge in [0.25, 0.3) is 0 Å². The first-order chi connectivity index (χ1) is 7.00. The molecule has 4 heteroatoms. The predicted molar refractivity (Wildman–Crippen MR) is 61.7 cm³/mol. The summed E-state index contributed by atoms with van der Waals surface area (Å²) in [5.41, 5.74) is 3.22. The third kappa shape index (κ3) is 1.86. The highest BCUT2D eigenvalue weighted by Gasteiger charge is 2.24. The average Bonchev–Trinajstić information content (AvgIpc) is 2.16. The van der Waals surface area contributed by atoms with Crippen LogP contribution < -0.4 is 4.31 Å². The van der Waals surface area contributed by atoms with Crippen LogP contribution in [0.2, 0.25) is 0 Å². The number of fused-ring (bicyclic) bond motifs is 1. The third-order valence-corrected chi connectivity index (χ3v) is 4.02. The highest BCUT2D eigenvalue weighted by molar-refractivity contribution is 7.92. The first-order valence-electron chi connectivity index (χ1n) is 5.06. The van der Waals surface area contributed by atoms with E-state index < -0.39 is 10.0 Å². The quantitative estimate of drug-likeness (QED) is 0.729. The average molecular weight is 225 g/mol. The van der Waals surface area contributed by atoms with Gasteiger partial charge in [-0.25, -0.2) is 8.42 Å². The molecule has 0 aromatic heterocycles. The minimum atomic E-state index is -3.12. The van der Waals surface area contributed by atoms with Crippen molar-refractivity contribution in [2.75, 3.05) is 17.1 Å². The lowest BCUT2D eigenvalue weighted by atomic mass is 9.99. The summed E-state index contributed by atoms with van der Waals surface area (Å²) in [5, 5.41) is 0. The fourth-order valence-corrected chi connectivity index (χ4v) is 3.10. The van der Waals surface area contributed by atoms with E-state index in [-0.39, 0.29) is 0 Å². The van der Waals surface area contributed by atoms with Crippen LogP contribution in [0.15, 0.2) is 18.2 Å². The van der Waals surface area contributed by atoms with Gasteiger partial charge >= 0.3 is 0 Å². The zero-order valence-electron chi connectivity index (χ0n) is 9.03. The summed E-state index contributed by atoms with van der Waals surface area (Å²) in [6.07, 6.45) is 3.16. The van der Waals surface area contributed by atoms with Crippen molar-refractivity contribution in [3.8, 4) is 0 Å². The molecule has 0 N–H and O–H groups in total. The van der Waals surface area contributed by atoms with Crippen molar-refractivity contribution in [3.63, 3.8) is 0 Å². The SMILES string of the molecule is Cc1cccc2c1CCCN2S(C)(=O)=O. The van der Waals surface area contributed by atoms with Gasteiger partial charge in [0.15, 0.2) is 0 Å². The minimum absolute atomic E-state index is 0.606. The maximum absolute atomic E-state index is 11.6. The van der Waals surface area contributed by atoms with Crippen LogP contribution in [0, 0.1) is 6.92 Å². The molecule has 0 atom stereocenters. The van der Waals surface area contributed by atoms with Crippen LogP contribution in [0.25, 0.3) is 0 Å². The molecule has 2 rings (SSSR count). The summed E-state index contributed by atoms with van der Waals surface area (Å²) in [4.78, 5) is 0. The first kappa shape index (κ1) is 10.5. The van der Waals surface area contributed by atoms with Crippen molar-refractivity contribution in [1.29, 1.82) is 0 Å². The second-order valence-corrected chi connectivity index (χ2v) is 5.92. The van der Waals surface area contributed by atoms with Crippen molar-refractivity contribution in [3.05, 3.63) is 29.3 Å². The van der Waals surface area contributed by atoms with Crippen LogP contribution in [0.4, 0.5) is 5.69 Å². The number of sulfonamides is 1. The molecule has 1 aliphatic rings. The summed E-state index contributed by atoms with van der Waals surface area (Å²) < 4.78 is 24.7. The molecule has 0 fully saturated rings. The van der Waals surface area contributed by atoms with Crippen LogP contribution in [0.1, 0.15) is 17.5 Å². The Bertz CT molecular complexity index is 479. The Morgan fingerprint density at radius 3 is 2.73 bits per heavy atom. The van der Waals surface area contributed by atoms with Crippen LogP contribution in [0.3, 0.4) is 0 Å². The molecule has 82 valence electrons. The van der Waals surface area contributed by atoms with E-state index >= 15 is 0 Å². The van der Waals surface area contributed by atoms with Crippen LogP contribution in [0.5, 0.6) is 0 Å². The molecule has 15 heavy (non-hydrogen) atoms. The Hall–Kier alpha value is -1.03. The van der Waals surface area contributed by atoms with Crippen molar-refractivity contribution < 1.29 is 8.42 Å². The molecule has 0 spiro atoms. The Labute approximate surface area is 90.8 Å². The Kier molecular flexibility index (Phi) is 2.46. The minimum Gasteiger partial charge on any atom is -0.270 e. The zero-order valence-corrected chi connectivity index (χ0v) is 9.84. The second-order valence-electron chi connectivity index (χ2n) is 4.01. The number of nitrogens with zero attached hydrogens (tertiary/aromatic N) is 1. The molecule has 1 aromatic rings. The van der Waals surface area contributed by atoms with Crippen molar-refractivity contribution in [2.24, 2.45) is 0 Å². The third-order valence-electron chi connectivity index (χ3n) is 2.84. The maximum atomic E-state index is 11.6. The number of rotatable bonds is 1. The van der Waals surface area contributed by atoms with Gasteiger partial charge in [-0.15, -0.1) is 0 Å². The summed E-state index contributed by atoms with van der Waals surface area (Å²) in [5.74, 6) is 0. The van der Waals surface area contributed by atoms with Gasteiger partial charge in [-0.05, 0) is 37.0 Å². The van der Waals surface area contributed by atoms with Gasteiger partial charge in [0.05, 0.1) is 11.9 Å². The van der Waals surface area contributed by atoms with Crippen LogP contribution in [-0.2, 0) is 16.4 Å². The predicted octanol–water partition coefficient (Wildman–Crippen LogP) is 1.71. The summed E-state index contributed by atoms with van der Waals surface area (Å²) in [6, 6.07) is 5.84. The molecule has 0 amide bonds. The van der Waals surface area contributed by atoms with E-state index in [0.717, 1.165) is 18.5 Å². The van der Waals surface area contributed by atoms with E-state index in [1.54, 1.807) is 0 Å². The van der Waals surface area contributed by atoms with Crippen molar-refractivity contribution in [2.45, 2.75) is 19.8 Å². The molecule has 3 nitrogen and oxygen atoms in total. The highest BCUT2D eigenvalue weighted by Crippen LogP contribution is 2.30. The number of hydrogen-bond acceptors (Lipinski definition) is 2. The zero-order chi connectivity index (χ0) is 11.1. The molecule has 1 aromatic carbocycles. The molecule has 0 aliphatic carbocycles. The van der Waals surface area contributed by atoms with E-state index in [0.29, 0.717) is 6.54 Å². The van der Waals surface area contributed by atoms with Crippen LogP contribution >= 0.6 is 0 Å². The number of anilines is 1. The summed E-state index contributed by atoms with van der Waals surface area (Å²) >= 11 is 0. The van der Waals surface area contributed by atoms with Crippen molar-refractivity contribution >= 4 is 15.7 Å². The fraction of sp³-hybridized carbons (Fsp3) is 0.455. The number of benzene rings is 1. The van der Waals surface area contributed by atoms with Gasteiger partial charge in [-0.3, -0.25) is 4.31 Å². The van der Waals surface area contributed by atoms with E-state index in [1.165, 1.54) is 21.7 Å². The number of hydrogen-bond donors (Lipinski definition) is 0. The van der Waals surface area contributed by atoms with E-state index in [4.69, 9.17) is 0 Å². The molecule has 0 unspecified atom stereocenters. The maximum Gasteiger partial charge on any atom is 0.232 e. The lowest BCUT2D eigenvalue weighted by Crippen LogP contribution is -2.34. The first-order valence-corrected chi connectivity index (χ1v) is 6.91. The van der Waals surface area contributed by atoms with Gasteiger partial charge in [-0.2, -0.15) is 0 Å². The molecule has 1 aliphatic heterocycles. The Morgan fingerprint density at radius 1 is 1.33 bits per heavy atom. The summed E-state index contributed by atoms with van der Waals surface area (Å²) in [6.45, 7) is 2.64. The molecule has 0 saturated heterocycles. The molecule has 0 radical (unpaired) electrons. The Balaban J connectivity index is 2.57. The lowest BCUT2D eigenvalue weighted by Gasteiger charge is -2.30. The van der Waals surface area contributed by atoms with E-state index in [2.05, 4.69) is 0 Å².